The molecule has 1 fully saturated rings. The average molecular weight is 568 g/mol. The molecule has 1 amide bonds. The number of anilines is 1. The van der Waals surface area contributed by atoms with E-state index in [-0.39, 0.29) is 23.4 Å². The fraction of sp³-hybridized carbons (Fsp3) is 0.333. The molecule has 1 heterocycles. The van der Waals surface area contributed by atoms with E-state index in [1.807, 2.05) is 30.3 Å². The first-order valence-corrected chi connectivity index (χ1v) is 14.8. The molecular weight excluding hydrogens is 533 g/mol. The molecule has 1 aliphatic heterocycles. The summed E-state index contributed by atoms with van der Waals surface area (Å²) >= 11 is 0. The minimum atomic E-state index is -4.00. The number of carboxylic acid groups (broad SMARTS) is 1. The summed E-state index contributed by atoms with van der Waals surface area (Å²) in [4.78, 5) is 28.7. The van der Waals surface area contributed by atoms with Crippen molar-refractivity contribution in [1.82, 2.24) is 9.80 Å². The van der Waals surface area contributed by atoms with E-state index in [0.29, 0.717) is 12.1 Å². The molecule has 0 saturated carbocycles. The van der Waals surface area contributed by atoms with Gasteiger partial charge in [0.25, 0.3) is 15.9 Å². The predicted molar refractivity (Wildman–Crippen MR) is 151 cm³/mol. The molecule has 0 radical (unpaired) electrons. The number of nitrogens with zero attached hydrogens (tertiary/aromatic N) is 3. The van der Waals surface area contributed by atoms with E-state index in [9.17, 15) is 27.5 Å². The number of aliphatic carboxylic acids is 1. The number of carbonyl (C=O) groups excluding carboxylic acids is 1. The molecule has 10 heteroatoms. The Labute approximate surface area is 234 Å². The summed E-state index contributed by atoms with van der Waals surface area (Å²) in [5.74, 6) is -2.14. The van der Waals surface area contributed by atoms with Crippen molar-refractivity contribution in [2.24, 2.45) is 0 Å². The number of hydrogen-bond donors (Lipinski definition) is 1. The largest absolute Gasteiger partial charge is 0.480 e. The normalized spacial score (nSPS) is 14.6. The van der Waals surface area contributed by atoms with E-state index in [1.165, 1.54) is 40.5 Å². The third-order valence-corrected chi connectivity index (χ3v) is 9.02. The maximum absolute atomic E-state index is 13.6. The molecule has 0 unspecified atom stereocenters. The third kappa shape index (κ3) is 7.05. The highest BCUT2D eigenvalue weighted by atomic mass is 32.2. The molecule has 0 aromatic heterocycles. The molecule has 1 N–H and O–H groups in total. The smallest absolute Gasteiger partial charge is 0.326 e. The minimum absolute atomic E-state index is 0.0276. The molecule has 1 atom stereocenters. The van der Waals surface area contributed by atoms with Crippen molar-refractivity contribution < 1.29 is 27.5 Å². The van der Waals surface area contributed by atoms with Gasteiger partial charge in [0.2, 0.25) is 0 Å². The molecule has 1 aliphatic rings. The van der Waals surface area contributed by atoms with Crippen molar-refractivity contribution in [1.29, 1.82) is 0 Å². The van der Waals surface area contributed by atoms with E-state index in [4.69, 9.17) is 0 Å². The van der Waals surface area contributed by atoms with Gasteiger partial charge in [-0.3, -0.25) is 9.10 Å². The second-order valence-electron chi connectivity index (χ2n) is 9.94. The molecule has 0 bridgehead atoms. The van der Waals surface area contributed by atoms with Gasteiger partial charge in [0.15, 0.2) is 0 Å². The number of likely N-dealkylation sites (N-methyl/N-ethyl adjacent to an activating group) is 1. The lowest BCUT2D eigenvalue weighted by Crippen LogP contribution is -2.43. The Hall–Kier alpha value is -3.76. The second kappa shape index (κ2) is 13.1. The van der Waals surface area contributed by atoms with Gasteiger partial charge in [0.1, 0.15) is 11.9 Å². The van der Waals surface area contributed by atoms with Crippen LogP contribution in [0.5, 0.6) is 0 Å². The number of halogens is 1. The summed E-state index contributed by atoms with van der Waals surface area (Å²) in [7, 11) is -2.55. The Balaban J connectivity index is 1.55. The van der Waals surface area contributed by atoms with Crippen LogP contribution in [0.1, 0.15) is 35.2 Å². The monoisotopic (exact) mass is 567 g/mol. The lowest BCUT2D eigenvalue weighted by Gasteiger charge is -2.27. The van der Waals surface area contributed by atoms with Gasteiger partial charge in [-0.25, -0.2) is 17.6 Å². The quantitative estimate of drug-likeness (QED) is 0.351. The standard InChI is InChI=1S/C30H34FN3O5S/c1-32(28(30(36)37)22-23-8-3-2-4-9-23)29(35)24-10-14-26(15-11-24)34(21-7-20-33-18-5-6-19-33)40(38,39)27-16-12-25(31)13-17-27/h2-4,8-17,28H,5-7,18-22H2,1H3,(H,36,37)/t28-/m0/s1. The number of likely N-dealkylation sites (tertiary alicyclic amines) is 1. The van der Waals surface area contributed by atoms with Crippen LogP contribution in [0.25, 0.3) is 0 Å². The highest BCUT2D eigenvalue weighted by Crippen LogP contribution is 2.26. The highest BCUT2D eigenvalue weighted by molar-refractivity contribution is 7.92. The Morgan fingerprint density at radius 2 is 1.57 bits per heavy atom. The average Bonchev–Trinajstić information content (AvgIpc) is 3.48. The third-order valence-electron chi connectivity index (χ3n) is 7.18. The number of benzene rings is 3. The summed E-state index contributed by atoms with van der Waals surface area (Å²) in [5, 5.41) is 9.80. The predicted octanol–water partition coefficient (Wildman–Crippen LogP) is 4.27. The Morgan fingerprint density at radius 3 is 2.17 bits per heavy atom. The van der Waals surface area contributed by atoms with E-state index in [1.54, 1.807) is 12.1 Å². The topological polar surface area (TPSA) is 98.2 Å². The maximum Gasteiger partial charge on any atom is 0.326 e. The molecule has 0 aliphatic carbocycles. The number of carbonyl (C=O) groups is 2. The van der Waals surface area contributed by atoms with Crippen LogP contribution in [0, 0.1) is 5.82 Å². The summed E-state index contributed by atoms with van der Waals surface area (Å²) in [6, 6.07) is 18.8. The summed E-state index contributed by atoms with van der Waals surface area (Å²) in [6.07, 6.45) is 3.02. The fourth-order valence-corrected chi connectivity index (χ4v) is 6.41. The number of amides is 1. The van der Waals surface area contributed by atoms with Crippen LogP contribution in [0.2, 0.25) is 0 Å². The van der Waals surface area contributed by atoms with Gasteiger partial charge >= 0.3 is 5.97 Å². The number of hydrogen-bond acceptors (Lipinski definition) is 5. The minimum Gasteiger partial charge on any atom is -0.480 e. The molecule has 3 aromatic rings. The fourth-order valence-electron chi connectivity index (χ4n) is 4.91. The Bertz CT molecular complexity index is 1390. The summed E-state index contributed by atoms with van der Waals surface area (Å²) in [5.41, 5.74) is 1.39. The van der Waals surface area contributed by atoms with E-state index in [2.05, 4.69) is 4.90 Å². The molecule has 1 saturated heterocycles. The van der Waals surface area contributed by atoms with Crippen LogP contribution in [-0.2, 0) is 21.2 Å². The molecule has 40 heavy (non-hydrogen) atoms. The van der Waals surface area contributed by atoms with Gasteiger partial charge in [0.05, 0.1) is 10.6 Å². The van der Waals surface area contributed by atoms with Gasteiger partial charge < -0.3 is 14.9 Å². The Kier molecular flexibility index (Phi) is 9.54. The van der Waals surface area contributed by atoms with Gasteiger partial charge in [0, 0.05) is 25.6 Å². The van der Waals surface area contributed by atoms with E-state index in [0.717, 1.165) is 50.2 Å². The van der Waals surface area contributed by atoms with Crippen molar-refractivity contribution >= 4 is 27.6 Å². The first-order valence-electron chi connectivity index (χ1n) is 13.3. The van der Waals surface area contributed by atoms with Crippen molar-refractivity contribution in [3.63, 3.8) is 0 Å². The number of rotatable bonds is 12. The molecule has 0 spiro atoms. The zero-order valence-corrected chi connectivity index (χ0v) is 23.3. The van der Waals surface area contributed by atoms with Crippen molar-refractivity contribution in [3.8, 4) is 0 Å². The molecule has 212 valence electrons. The van der Waals surface area contributed by atoms with Crippen molar-refractivity contribution in [2.45, 2.75) is 36.6 Å². The molecule has 3 aromatic carbocycles. The number of carboxylic acids is 1. The first-order chi connectivity index (χ1) is 19.2. The van der Waals surface area contributed by atoms with Gasteiger partial charge in [-0.05, 0) is 93.0 Å². The zero-order chi connectivity index (χ0) is 28.7. The SMILES string of the molecule is CN(C(=O)c1ccc(N(CCCN2CCCC2)S(=O)(=O)c2ccc(F)cc2)cc1)[C@@H](Cc1ccccc1)C(=O)O. The summed E-state index contributed by atoms with van der Waals surface area (Å²) < 4.78 is 42.0. The van der Waals surface area contributed by atoms with E-state index >= 15 is 0 Å². The Morgan fingerprint density at radius 1 is 0.950 bits per heavy atom. The van der Waals surface area contributed by atoms with Crippen molar-refractivity contribution in [3.05, 3.63) is 95.8 Å². The van der Waals surface area contributed by atoms with Crippen LogP contribution in [0.15, 0.2) is 83.8 Å². The zero-order valence-electron chi connectivity index (χ0n) is 22.4. The van der Waals surface area contributed by atoms with E-state index < -0.39 is 33.8 Å². The molecule has 8 nitrogen and oxygen atoms in total. The molecule has 4 rings (SSSR count). The van der Waals surface area contributed by atoms with Crippen LogP contribution in [0.3, 0.4) is 0 Å². The molecular formula is C30H34FN3O5S. The maximum atomic E-state index is 13.6. The lowest BCUT2D eigenvalue weighted by atomic mass is 10.0. The second-order valence-corrected chi connectivity index (χ2v) is 11.8. The van der Waals surface area contributed by atoms with Crippen LogP contribution >= 0.6 is 0 Å². The summed E-state index contributed by atoms with van der Waals surface area (Å²) in [6.45, 7) is 2.96. The van der Waals surface area contributed by atoms with Gasteiger partial charge in [-0.15, -0.1) is 0 Å². The highest BCUT2D eigenvalue weighted by Gasteiger charge is 2.29. The van der Waals surface area contributed by atoms with Crippen LogP contribution < -0.4 is 4.31 Å². The van der Waals surface area contributed by atoms with Crippen LogP contribution in [0.4, 0.5) is 10.1 Å². The first kappa shape index (κ1) is 29.2. The van der Waals surface area contributed by atoms with Crippen LogP contribution in [-0.4, -0.2) is 74.5 Å². The lowest BCUT2D eigenvalue weighted by molar-refractivity contribution is -0.141. The van der Waals surface area contributed by atoms with Gasteiger partial charge in [-0.2, -0.15) is 0 Å². The van der Waals surface area contributed by atoms with Crippen molar-refractivity contribution in [2.75, 3.05) is 37.5 Å². The number of sulfonamides is 1. The van der Waals surface area contributed by atoms with Gasteiger partial charge in [-0.1, -0.05) is 30.3 Å².